The Labute approximate surface area is 146 Å². The number of H-pyrrole nitrogens is 1. The molecule has 3 rings (SSSR count). The predicted octanol–water partition coefficient (Wildman–Crippen LogP) is 3.19. The molecule has 0 saturated heterocycles. The Hall–Kier alpha value is -2.11. The lowest BCUT2D eigenvalue weighted by Crippen LogP contribution is -2.46. The Balaban J connectivity index is 1.61. The minimum atomic E-state index is -0.552. The van der Waals surface area contributed by atoms with Gasteiger partial charge in [0.05, 0.1) is 6.04 Å². The number of fused-ring (bicyclic) bond motifs is 1. The smallest absolute Gasteiger partial charge is 0.237 e. The van der Waals surface area contributed by atoms with Crippen LogP contribution in [0.1, 0.15) is 24.3 Å². The lowest BCUT2D eigenvalue weighted by molar-refractivity contribution is -0.122. The molecule has 24 heavy (non-hydrogen) atoms. The van der Waals surface area contributed by atoms with Crippen LogP contribution >= 0.6 is 11.3 Å². The first-order valence-electron chi connectivity index (χ1n) is 8.09. The molecule has 4 N–H and O–H groups in total. The van der Waals surface area contributed by atoms with Gasteiger partial charge in [-0.2, -0.15) is 0 Å². The summed E-state index contributed by atoms with van der Waals surface area (Å²) in [4.78, 5) is 16.9. The second kappa shape index (κ2) is 6.79. The molecule has 2 heterocycles. The number of para-hydroxylation sites is 1. The number of hydrogen-bond donors (Lipinski definition) is 3. The van der Waals surface area contributed by atoms with Crippen LogP contribution in [0.4, 0.5) is 0 Å². The van der Waals surface area contributed by atoms with Crippen molar-refractivity contribution in [2.75, 3.05) is 6.54 Å². The highest BCUT2D eigenvalue weighted by atomic mass is 32.1. The second-order valence-corrected chi connectivity index (χ2v) is 7.70. The summed E-state index contributed by atoms with van der Waals surface area (Å²) >= 11 is 1.71. The highest BCUT2D eigenvalue weighted by Gasteiger charge is 2.24. The quantitative estimate of drug-likeness (QED) is 0.644. The van der Waals surface area contributed by atoms with Crippen LogP contribution in [-0.4, -0.2) is 23.5 Å². The molecule has 4 nitrogen and oxygen atoms in total. The first-order chi connectivity index (χ1) is 11.5. The molecule has 0 aliphatic carbocycles. The van der Waals surface area contributed by atoms with Crippen molar-refractivity contribution >= 4 is 28.1 Å². The van der Waals surface area contributed by atoms with Gasteiger partial charge in [0.1, 0.15) is 0 Å². The number of thiophene rings is 1. The van der Waals surface area contributed by atoms with Crippen LogP contribution in [-0.2, 0) is 16.6 Å². The topological polar surface area (TPSA) is 70.9 Å². The van der Waals surface area contributed by atoms with Crippen molar-refractivity contribution in [2.24, 2.45) is 5.73 Å². The number of benzene rings is 1. The Kier molecular flexibility index (Phi) is 4.73. The summed E-state index contributed by atoms with van der Waals surface area (Å²) in [6, 6.07) is 11.6. The van der Waals surface area contributed by atoms with Crippen LogP contribution in [0.2, 0.25) is 0 Å². The van der Waals surface area contributed by atoms with Crippen molar-refractivity contribution in [3.8, 4) is 0 Å². The highest BCUT2D eigenvalue weighted by molar-refractivity contribution is 7.10. The minimum Gasteiger partial charge on any atom is -0.361 e. The number of amides is 1. The van der Waals surface area contributed by atoms with Crippen LogP contribution in [0.3, 0.4) is 0 Å². The van der Waals surface area contributed by atoms with Crippen LogP contribution in [0.5, 0.6) is 0 Å². The average Bonchev–Trinajstić information content (AvgIpc) is 3.23. The summed E-state index contributed by atoms with van der Waals surface area (Å²) < 4.78 is 0. The van der Waals surface area contributed by atoms with Gasteiger partial charge in [0, 0.05) is 33.9 Å². The first-order valence-corrected chi connectivity index (χ1v) is 8.97. The molecule has 2 aromatic heterocycles. The molecular formula is C19H23N3OS. The Bertz CT molecular complexity index is 820. The molecule has 5 heteroatoms. The molecule has 0 aliphatic rings. The third kappa shape index (κ3) is 3.52. The Morgan fingerprint density at radius 1 is 1.29 bits per heavy atom. The van der Waals surface area contributed by atoms with Gasteiger partial charge < -0.3 is 16.0 Å². The lowest BCUT2D eigenvalue weighted by atomic mass is 9.91. The molecule has 126 valence electrons. The normalized spacial score (nSPS) is 13.1. The number of rotatable bonds is 6. The third-order valence-electron chi connectivity index (χ3n) is 4.34. The summed E-state index contributed by atoms with van der Waals surface area (Å²) in [5.74, 6) is -0.107. The van der Waals surface area contributed by atoms with Crippen molar-refractivity contribution in [3.63, 3.8) is 0 Å². The number of carbonyl (C=O) groups is 1. The van der Waals surface area contributed by atoms with Crippen molar-refractivity contribution in [3.05, 3.63) is 58.4 Å². The molecule has 0 unspecified atom stereocenters. The van der Waals surface area contributed by atoms with E-state index in [4.69, 9.17) is 5.73 Å². The number of nitrogens with two attached hydrogens (primary N) is 1. The van der Waals surface area contributed by atoms with Gasteiger partial charge in [0.15, 0.2) is 0 Å². The zero-order chi connectivity index (χ0) is 17.2. The molecule has 1 amide bonds. The summed E-state index contributed by atoms with van der Waals surface area (Å²) in [7, 11) is 0. The SMILES string of the molecule is CC(C)(CNC(=O)[C@@H](N)Cc1c[nH]c2ccccc12)c1cccs1. The van der Waals surface area contributed by atoms with Gasteiger partial charge in [-0.15, -0.1) is 11.3 Å². The molecular weight excluding hydrogens is 318 g/mol. The van der Waals surface area contributed by atoms with E-state index >= 15 is 0 Å². The molecule has 0 aliphatic heterocycles. The Morgan fingerprint density at radius 3 is 2.83 bits per heavy atom. The molecule has 0 spiro atoms. The molecule has 1 aromatic carbocycles. The van der Waals surface area contributed by atoms with Gasteiger partial charge in [0.25, 0.3) is 0 Å². The highest BCUT2D eigenvalue weighted by Crippen LogP contribution is 2.26. The maximum atomic E-state index is 12.4. The lowest BCUT2D eigenvalue weighted by Gasteiger charge is -2.24. The molecule has 0 saturated carbocycles. The molecule has 0 fully saturated rings. The summed E-state index contributed by atoms with van der Waals surface area (Å²) in [6.45, 7) is 4.84. The van der Waals surface area contributed by atoms with E-state index in [2.05, 4.69) is 35.6 Å². The fourth-order valence-corrected chi connectivity index (χ4v) is 3.67. The monoisotopic (exact) mass is 341 g/mol. The fourth-order valence-electron chi connectivity index (χ4n) is 2.82. The van der Waals surface area contributed by atoms with Gasteiger partial charge in [-0.25, -0.2) is 0 Å². The van der Waals surface area contributed by atoms with E-state index in [1.807, 2.05) is 36.5 Å². The molecule has 3 aromatic rings. The van der Waals surface area contributed by atoms with Crippen LogP contribution in [0, 0.1) is 0 Å². The van der Waals surface area contributed by atoms with E-state index in [-0.39, 0.29) is 11.3 Å². The molecule has 0 bridgehead atoms. The summed E-state index contributed by atoms with van der Waals surface area (Å²) in [5, 5.41) is 6.19. The van der Waals surface area contributed by atoms with E-state index in [0.29, 0.717) is 13.0 Å². The van der Waals surface area contributed by atoms with Gasteiger partial charge in [-0.05, 0) is 29.5 Å². The summed E-state index contributed by atoms with van der Waals surface area (Å²) in [6.07, 6.45) is 2.46. The van der Waals surface area contributed by atoms with E-state index in [1.165, 1.54) is 4.88 Å². The van der Waals surface area contributed by atoms with Gasteiger partial charge >= 0.3 is 0 Å². The van der Waals surface area contributed by atoms with E-state index in [1.54, 1.807) is 11.3 Å². The van der Waals surface area contributed by atoms with Crippen molar-refractivity contribution in [1.29, 1.82) is 0 Å². The van der Waals surface area contributed by atoms with E-state index in [9.17, 15) is 4.79 Å². The second-order valence-electron chi connectivity index (χ2n) is 6.75. The molecule has 0 radical (unpaired) electrons. The largest absolute Gasteiger partial charge is 0.361 e. The van der Waals surface area contributed by atoms with Crippen LogP contribution in [0.15, 0.2) is 48.0 Å². The van der Waals surface area contributed by atoms with Gasteiger partial charge in [0.2, 0.25) is 5.91 Å². The Morgan fingerprint density at radius 2 is 2.08 bits per heavy atom. The van der Waals surface area contributed by atoms with Crippen molar-refractivity contribution in [1.82, 2.24) is 10.3 Å². The van der Waals surface area contributed by atoms with E-state index in [0.717, 1.165) is 16.5 Å². The minimum absolute atomic E-state index is 0.0929. The number of hydrogen-bond acceptors (Lipinski definition) is 3. The van der Waals surface area contributed by atoms with E-state index < -0.39 is 6.04 Å². The van der Waals surface area contributed by atoms with Crippen LogP contribution in [0.25, 0.3) is 10.9 Å². The van der Waals surface area contributed by atoms with Crippen molar-refractivity contribution < 1.29 is 4.79 Å². The van der Waals surface area contributed by atoms with Gasteiger partial charge in [-0.3, -0.25) is 4.79 Å². The van der Waals surface area contributed by atoms with Crippen LogP contribution < -0.4 is 11.1 Å². The van der Waals surface area contributed by atoms with Crippen molar-refractivity contribution in [2.45, 2.75) is 31.7 Å². The third-order valence-corrected chi connectivity index (χ3v) is 5.58. The summed E-state index contributed by atoms with van der Waals surface area (Å²) in [5.41, 5.74) is 8.17. The number of aromatic nitrogens is 1. The number of aromatic amines is 1. The standard InChI is InChI=1S/C19H23N3OS/c1-19(2,17-8-5-9-24-17)12-22-18(23)15(20)10-13-11-21-16-7-4-3-6-14(13)16/h3-9,11,15,21H,10,12,20H2,1-2H3,(H,22,23)/t15-/m0/s1. The maximum Gasteiger partial charge on any atom is 0.237 e. The first kappa shape index (κ1) is 16.7. The number of carbonyl (C=O) groups excluding carboxylic acids is 1. The molecule has 1 atom stereocenters. The predicted molar refractivity (Wildman–Crippen MR) is 100 cm³/mol. The number of nitrogens with one attached hydrogen (secondary N) is 2. The van der Waals surface area contributed by atoms with Gasteiger partial charge in [-0.1, -0.05) is 38.1 Å². The zero-order valence-corrected chi connectivity index (χ0v) is 14.8. The average molecular weight is 341 g/mol. The fraction of sp³-hybridized carbons (Fsp3) is 0.316. The zero-order valence-electron chi connectivity index (χ0n) is 14.0. The maximum absolute atomic E-state index is 12.4.